The van der Waals surface area contributed by atoms with Crippen molar-refractivity contribution in [3.8, 4) is 0 Å². The first-order chi connectivity index (χ1) is 9.99. The highest BCUT2D eigenvalue weighted by molar-refractivity contribution is 7.89. The number of hydrogen-bond donors (Lipinski definition) is 3. The molecule has 1 heterocycles. The van der Waals surface area contributed by atoms with Crippen molar-refractivity contribution in [2.24, 2.45) is 5.92 Å². The molecular weight excluding hydrogens is 288 g/mol. The van der Waals surface area contributed by atoms with Crippen molar-refractivity contribution in [2.75, 3.05) is 6.54 Å². The lowest BCUT2D eigenvalue weighted by Gasteiger charge is -2.11. The summed E-state index contributed by atoms with van der Waals surface area (Å²) in [5, 5.41) is 9.87. The average molecular weight is 314 g/mol. The zero-order valence-electron chi connectivity index (χ0n) is 12.9. The lowest BCUT2D eigenvalue weighted by Crippen LogP contribution is -2.28. The molecule has 1 aromatic rings. The molecule has 0 atom stereocenters. The van der Waals surface area contributed by atoms with Crippen LogP contribution < -0.4 is 10.0 Å². The zero-order valence-corrected chi connectivity index (χ0v) is 13.7. The van der Waals surface area contributed by atoms with Gasteiger partial charge in [0.2, 0.25) is 0 Å². The smallest absolute Gasteiger partial charge is 0.257 e. The maximum absolute atomic E-state index is 12.3. The maximum Gasteiger partial charge on any atom is 0.257 e. The Morgan fingerprint density at radius 2 is 2.10 bits per heavy atom. The van der Waals surface area contributed by atoms with Crippen molar-refractivity contribution in [2.45, 2.75) is 63.6 Å². The molecule has 3 N–H and O–H groups in total. The summed E-state index contributed by atoms with van der Waals surface area (Å²) in [6, 6.07) is 0.297. The molecule has 1 aliphatic carbocycles. The van der Waals surface area contributed by atoms with Crippen molar-refractivity contribution in [1.29, 1.82) is 0 Å². The summed E-state index contributed by atoms with van der Waals surface area (Å²) < 4.78 is 27.3. The lowest BCUT2D eigenvalue weighted by atomic mass is 10.1. The number of nitrogens with one attached hydrogen (secondary N) is 3. The van der Waals surface area contributed by atoms with Crippen LogP contribution in [0, 0.1) is 5.92 Å². The zero-order chi connectivity index (χ0) is 15.3. The van der Waals surface area contributed by atoms with E-state index < -0.39 is 10.0 Å². The molecule has 7 heteroatoms. The van der Waals surface area contributed by atoms with Gasteiger partial charge in [0.25, 0.3) is 10.0 Å². The Hall–Kier alpha value is -0.920. The topological polar surface area (TPSA) is 86.9 Å². The molecule has 0 unspecified atom stereocenters. The van der Waals surface area contributed by atoms with Crippen LogP contribution in [0.15, 0.2) is 11.2 Å². The molecule has 2 rings (SSSR count). The van der Waals surface area contributed by atoms with E-state index in [0.29, 0.717) is 30.6 Å². The van der Waals surface area contributed by atoms with Crippen LogP contribution in [0.1, 0.15) is 51.5 Å². The fourth-order valence-electron chi connectivity index (χ4n) is 2.74. The van der Waals surface area contributed by atoms with Crippen LogP contribution >= 0.6 is 0 Å². The molecule has 0 aromatic carbocycles. The van der Waals surface area contributed by atoms with Crippen molar-refractivity contribution >= 4 is 10.0 Å². The standard InChI is InChI=1S/C14H26N4O2S/c1-11(2)15-9-13-10-16-18-14(13)21(19,20)17-8-7-12-5-3-4-6-12/h10-12,15,17H,3-9H2,1-2H3,(H,16,18). The Bertz CT molecular complexity index is 533. The van der Waals surface area contributed by atoms with Gasteiger partial charge in [0, 0.05) is 24.7 Å². The van der Waals surface area contributed by atoms with Crippen LogP contribution in [0.4, 0.5) is 0 Å². The number of hydrogen-bond acceptors (Lipinski definition) is 4. The van der Waals surface area contributed by atoms with E-state index in [1.807, 2.05) is 13.8 Å². The molecule has 0 spiro atoms. The minimum Gasteiger partial charge on any atom is -0.310 e. The Morgan fingerprint density at radius 3 is 2.76 bits per heavy atom. The van der Waals surface area contributed by atoms with Crippen molar-refractivity contribution < 1.29 is 8.42 Å². The second-order valence-corrected chi connectivity index (χ2v) is 7.80. The molecule has 0 radical (unpaired) electrons. The van der Waals surface area contributed by atoms with Crippen LogP contribution in [0.25, 0.3) is 0 Å². The third-order valence-electron chi connectivity index (χ3n) is 3.97. The van der Waals surface area contributed by atoms with Gasteiger partial charge in [-0.1, -0.05) is 39.5 Å². The van der Waals surface area contributed by atoms with Crippen LogP contribution in [-0.2, 0) is 16.6 Å². The third kappa shape index (κ3) is 4.79. The summed E-state index contributed by atoms with van der Waals surface area (Å²) in [7, 11) is -3.50. The van der Waals surface area contributed by atoms with Gasteiger partial charge in [0.15, 0.2) is 5.03 Å². The van der Waals surface area contributed by atoms with Gasteiger partial charge in [0.1, 0.15) is 0 Å². The van der Waals surface area contributed by atoms with Crippen molar-refractivity contribution in [1.82, 2.24) is 20.2 Å². The Morgan fingerprint density at radius 1 is 1.38 bits per heavy atom. The van der Waals surface area contributed by atoms with Gasteiger partial charge in [-0.2, -0.15) is 5.10 Å². The summed E-state index contributed by atoms with van der Waals surface area (Å²) in [6.07, 6.45) is 7.52. The lowest BCUT2D eigenvalue weighted by molar-refractivity contribution is 0.494. The van der Waals surface area contributed by atoms with Crippen LogP contribution in [-0.4, -0.2) is 31.2 Å². The number of sulfonamides is 1. The van der Waals surface area contributed by atoms with Gasteiger partial charge < -0.3 is 5.32 Å². The largest absolute Gasteiger partial charge is 0.310 e. The Balaban J connectivity index is 1.90. The molecule has 1 aromatic heterocycles. The Kier molecular flexibility index (Phi) is 5.78. The number of aromatic nitrogens is 2. The van der Waals surface area contributed by atoms with E-state index in [4.69, 9.17) is 0 Å². The number of aromatic amines is 1. The number of rotatable bonds is 8. The predicted molar refractivity (Wildman–Crippen MR) is 82.3 cm³/mol. The van der Waals surface area contributed by atoms with Gasteiger partial charge >= 0.3 is 0 Å². The summed E-state index contributed by atoms with van der Waals surface area (Å²) in [5.74, 6) is 0.677. The molecule has 0 amide bonds. The normalized spacial score (nSPS) is 16.9. The Labute approximate surface area is 127 Å². The fourth-order valence-corrected chi connectivity index (χ4v) is 3.91. The monoisotopic (exact) mass is 314 g/mol. The average Bonchev–Trinajstić information content (AvgIpc) is 3.07. The predicted octanol–water partition coefficient (Wildman–Crippen LogP) is 1.77. The first-order valence-electron chi connectivity index (χ1n) is 7.74. The SMILES string of the molecule is CC(C)NCc1cn[nH]c1S(=O)(=O)NCCC1CCCC1. The van der Waals surface area contributed by atoms with Gasteiger partial charge in [-0.25, -0.2) is 13.1 Å². The van der Waals surface area contributed by atoms with Crippen molar-refractivity contribution in [3.63, 3.8) is 0 Å². The highest BCUT2D eigenvalue weighted by Gasteiger charge is 2.21. The maximum atomic E-state index is 12.3. The van der Waals surface area contributed by atoms with Gasteiger partial charge in [0.05, 0.1) is 6.20 Å². The number of nitrogens with zero attached hydrogens (tertiary/aromatic N) is 1. The fraction of sp³-hybridized carbons (Fsp3) is 0.786. The van der Waals surface area contributed by atoms with E-state index in [0.717, 1.165) is 6.42 Å². The quantitative estimate of drug-likeness (QED) is 0.682. The highest BCUT2D eigenvalue weighted by Crippen LogP contribution is 2.27. The molecule has 6 nitrogen and oxygen atoms in total. The molecule has 0 bridgehead atoms. The first kappa shape index (κ1) is 16.5. The molecule has 1 saturated carbocycles. The van der Waals surface area contributed by atoms with E-state index in [1.165, 1.54) is 25.7 Å². The van der Waals surface area contributed by atoms with Crippen molar-refractivity contribution in [3.05, 3.63) is 11.8 Å². The third-order valence-corrected chi connectivity index (χ3v) is 5.44. The van der Waals surface area contributed by atoms with Crippen LogP contribution in [0.5, 0.6) is 0 Å². The summed E-state index contributed by atoms with van der Waals surface area (Å²) >= 11 is 0. The minimum absolute atomic E-state index is 0.182. The van der Waals surface area contributed by atoms with Crippen LogP contribution in [0.3, 0.4) is 0 Å². The molecule has 1 aliphatic rings. The second-order valence-electron chi connectivity index (χ2n) is 6.10. The summed E-state index contributed by atoms with van der Waals surface area (Å²) in [4.78, 5) is 0. The van der Waals surface area contributed by atoms with E-state index in [1.54, 1.807) is 6.20 Å². The van der Waals surface area contributed by atoms with E-state index in [9.17, 15) is 8.42 Å². The molecule has 0 saturated heterocycles. The molecule has 21 heavy (non-hydrogen) atoms. The summed E-state index contributed by atoms with van der Waals surface area (Å²) in [5.41, 5.74) is 0.678. The molecule has 1 fully saturated rings. The van der Waals surface area contributed by atoms with Crippen LogP contribution in [0.2, 0.25) is 0 Å². The highest BCUT2D eigenvalue weighted by atomic mass is 32.2. The molecule has 0 aliphatic heterocycles. The minimum atomic E-state index is -3.50. The van der Waals surface area contributed by atoms with Gasteiger partial charge in [-0.3, -0.25) is 5.10 Å². The van der Waals surface area contributed by atoms with Gasteiger partial charge in [-0.05, 0) is 12.3 Å². The van der Waals surface area contributed by atoms with E-state index in [2.05, 4.69) is 20.2 Å². The molecular formula is C14H26N4O2S. The number of H-pyrrole nitrogens is 1. The molecule has 120 valence electrons. The summed E-state index contributed by atoms with van der Waals surface area (Å²) in [6.45, 7) is 5.04. The van der Waals surface area contributed by atoms with Gasteiger partial charge in [-0.15, -0.1) is 0 Å². The second kappa shape index (κ2) is 7.38. The van der Waals surface area contributed by atoms with E-state index in [-0.39, 0.29) is 5.03 Å². The van der Waals surface area contributed by atoms with E-state index >= 15 is 0 Å². The first-order valence-corrected chi connectivity index (χ1v) is 9.22.